The summed E-state index contributed by atoms with van der Waals surface area (Å²) in [5.74, 6) is -0.156. The summed E-state index contributed by atoms with van der Waals surface area (Å²) < 4.78 is 18.0. The van der Waals surface area contributed by atoms with Gasteiger partial charge < -0.3 is 10.1 Å². The van der Waals surface area contributed by atoms with Crippen LogP contribution < -0.4 is 10.1 Å². The van der Waals surface area contributed by atoms with E-state index in [1.807, 2.05) is 0 Å². The largest absolute Gasteiger partial charge is 0.479 e. The summed E-state index contributed by atoms with van der Waals surface area (Å²) in [7, 11) is 1.40. The molecule has 6 heteroatoms. The number of aromatic nitrogens is 2. The van der Waals surface area contributed by atoms with E-state index < -0.39 is 5.82 Å². The second-order valence-electron chi connectivity index (χ2n) is 5.06. The fourth-order valence-electron chi connectivity index (χ4n) is 2.55. The van der Waals surface area contributed by atoms with Crippen LogP contribution in [0.15, 0.2) is 6.20 Å². The fourth-order valence-corrected chi connectivity index (χ4v) is 2.55. The van der Waals surface area contributed by atoms with Gasteiger partial charge in [-0.05, 0) is 33.2 Å². The highest BCUT2D eigenvalue weighted by Gasteiger charge is 2.26. The average molecular weight is 268 g/mol. The first kappa shape index (κ1) is 14.0. The molecule has 1 saturated heterocycles. The van der Waals surface area contributed by atoms with Gasteiger partial charge in [-0.15, -0.1) is 0 Å². The van der Waals surface area contributed by atoms with Crippen LogP contribution in [0.4, 0.5) is 10.3 Å². The van der Waals surface area contributed by atoms with E-state index in [0.717, 1.165) is 19.3 Å². The van der Waals surface area contributed by atoms with Crippen molar-refractivity contribution < 1.29 is 9.13 Å². The smallest absolute Gasteiger partial charge is 0.255 e. The van der Waals surface area contributed by atoms with Gasteiger partial charge in [-0.25, -0.2) is 4.98 Å². The van der Waals surface area contributed by atoms with E-state index in [9.17, 15) is 4.39 Å². The Morgan fingerprint density at radius 1 is 1.58 bits per heavy atom. The minimum atomic E-state index is -0.544. The van der Waals surface area contributed by atoms with E-state index in [2.05, 4.69) is 34.0 Å². The summed E-state index contributed by atoms with van der Waals surface area (Å²) in [6.07, 6.45) is 3.52. The summed E-state index contributed by atoms with van der Waals surface area (Å²) >= 11 is 0. The molecular formula is C13H21FN4O. The molecule has 106 valence electrons. The Morgan fingerprint density at radius 2 is 2.37 bits per heavy atom. The van der Waals surface area contributed by atoms with Crippen molar-refractivity contribution in [1.82, 2.24) is 14.9 Å². The van der Waals surface area contributed by atoms with Crippen LogP contribution in [0.3, 0.4) is 0 Å². The Morgan fingerprint density at radius 3 is 3.05 bits per heavy atom. The van der Waals surface area contributed by atoms with E-state index in [1.165, 1.54) is 20.0 Å². The lowest BCUT2D eigenvalue weighted by molar-refractivity contribution is 0.211. The molecule has 1 aromatic heterocycles. The van der Waals surface area contributed by atoms with Gasteiger partial charge in [0.05, 0.1) is 13.3 Å². The van der Waals surface area contributed by atoms with E-state index in [4.69, 9.17) is 4.74 Å². The van der Waals surface area contributed by atoms with E-state index in [1.54, 1.807) is 0 Å². The van der Waals surface area contributed by atoms with Crippen molar-refractivity contribution >= 4 is 5.95 Å². The molecule has 1 unspecified atom stereocenters. The van der Waals surface area contributed by atoms with Gasteiger partial charge >= 0.3 is 0 Å². The molecule has 2 heterocycles. The van der Waals surface area contributed by atoms with Gasteiger partial charge in [-0.1, -0.05) is 0 Å². The van der Waals surface area contributed by atoms with Gasteiger partial charge in [0.25, 0.3) is 5.88 Å². The van der Waals surface area contributed by atoms with Crippen molar-refractivity contribution in [3.63, 3.8) is 0 Å². The molecule has 0 amide bonds. The molecule has 19 heavy (non-hydrogen) atoms. The highest BCUT2D eigenvalue weighted by Crippen LogP contribution is 2.20. The summed E-state index contributed by atoms with van der Waals surface area (Å²) in [5.41, 5.74) is 0. The number of nitrogens with zero attached hydrogens (tertiary/aromatic N) is 3. The number of hydrogen-bond acceptors (Lipinski definition) is 5. The molecule has 1 fully saturated rings. The number of hydrogen-bond donors (Lipinski definition) is 1. The molecule has 0 saturated carbocycles. The lowest BCUT2D eigenvalue weighted by atomic mass is 10.2. The third-order valence-corrected chi connectivity index (χ3v) is 3.49. The first-order valence-corrected chi connectivity index (χ1v) is 6.68. The van der Waals surface area contributed by atoms with E-state index >= 15 is 0 Å². The van der Waals surface area contributed by atoms with Gasteiger partial charge in [-0.2, -0.15) is 9.37 Å². The van der Waals surface area contributed by atoms with Crippen molar-refractivity contribution in [1.29, 1.82) is 0 Å². The predicted molar refractivity (Wildman–Crippen MR) is 71.9 cm³/mol. The number of anilines is 1. The fraction of sp³-hybridized carbons (Fsp3) is 0.692. The number of nitrogens with one attached hydrogen (secondary N) is 1. The van der Waals surface area contributed by atoms with Gasteiger partial charge in [-0.3, -0.25) is 4.90 Å². The first-order valence-electron chi connectivity index (χ1n) is 6.68. The van der Waals surface area contributed by atoms with Crippen LogP contribution in [0.25, 0.3) is 0 Å². The van der Waals surface area contributed by atoms with Crippen molar-refractivity contribution in [2.75, 3.05) is 25.5 Å². The molecular weight excluding hydrogens is 247 g/mol. The predicted octanol–water partition coefficient (Wildman–Crippen LogP) is 1.91. The average Bonchev–Trinajstić information content (AvgIpc) is 2.86. The molecule has 0 bridgehead atoms. The standard InChI is InChI=1S/C13H21FN4O/c1-9(2)18-6-4-5-10(18)7-15-13-16-8-11(14)12(17-13)19-3/h8-10H,4-7H2,1-3H3,(H,15,16,17). The Balaban J connectivity index is 1.95. The van der Waals surface area contributed by atoms with Crippen molar-refractivity contribution in [2.24, 2.45) is 0 Å². The highest BCUT2D eigenvalue weighted by atomic mass is 19.1. The number of methoxy groups -OCH3 is 1. The molecule has 1 atom stereocenters. The molecule has 1 aliphatic heterocycles. The monoisotopic (exact) mass is 268 g/mol. The maximum atomic E-state index is 13.2. The number of halogens is 1. The Bertz CT molecular complexity index is 427. The molecule has 2 rings (SSSR count). The van der Waals surface area contributed by atoms with Crippen molar-refractivity contribution in [3.05, 3.63) is 12.0 Å². The highest BCUT2D eigenvalue weighted by molar-refractivity contribution is 5.28. The first-order chi connectivity index (χ1) is 9.11. The summed E-state index contributed by atoms with van der Waals surface area (Å²) in [6.45, 7) is 6.32. The van der Waals surface area contributed by atoms with Crippen molar-refractivity contribution in [3.8, 4) is 5.88 Å². The quantitative estimate of drug-likeness (QED) is 0.884. The number of rotatable bonds is 5. The SMILES string of the molecule is COc1nc(NCC2CCCN2C(C)C)ncc1F. The summed E-state index contributed by atoms with van der Waals surface area (Å²) in [6, 6.07) is 1.03. The van der Waals surface area contributed by atoms with Gasteiger partial charge in [0.15, 0.2) is 0 Å². The van der Waals surface area contributed by atoms with Crippen molar-refractivity contribution in [2.45, 2.75) is 38.8 Å². The zero-order valence-electron chi connectivity index (χ0n) is 11.7. The Kier molecular flexibility index (Phi) is 4.52. The van der Waals surface area contributed by atoms with Crippen LogP contribution in [0, 0.1) is 5.82 Å². The minimum Gasteiger partial charge on any atom is -0.479 e. The van der Waals surface area contributed by atoms with Gasteiger partial charge in [0.2, 0.25) is 11.8 Å². The molecule has 0 spiro atoms. The van der Waals surface area contributed by atoms with Crippen LogP contribution in [0.5, 0.6) is 5.88 Å². The van der Waals surface area contributed by atoms with Crippen LogP contribution in [-0.2, 0) is 0 Å². The lowest BCUT2D eigenvalue weighted by Crippen LogP contribution is -2.39. The van der Waals surface area contributed by atoms with Gasteiger partial charge in [0.1, 0.15) is 0 Å². The van der Waals surface area contributed by atoms with Crippen LogP contribution in [0.1, 0.15) is 26.7 Å². The van der Waals surface area contributed by atoms with Crippen LogP contribution in [-0.4, -0.2) is 47.2 Å². The Labute approximate surface area is 113 Å². The van der Waals surface area contributed by atoms with Gasteiger partial charge in [0, 0.05) is 18.6 Å². The van der Waals surface area contributed by atoms with E-state index in [-0.39, 0.29) is 5.88 Å². The number of ether oxygens (including phenoxy) is 1. The third-order valence-electron chi connectivity index (χ3n) is 3.49. The zero-order chi connectivity index (χ0) is 13.8. The maximum absolute atomic E-state index is 13.2. The zero-order valence-corrected chi connectivity index (χ0v) is 11.7. The topological polar surface area (TPSA) is 50.3 Å². The summed E-state index contributed by atoms with van der Waals surface area (Å²) in [5, 5.41) is 3.16. The number of likely N-dealkylation sites (tertiary alicyclic amines) is 1. The van der Waals surface area contributed by atoms with E-state index in [0.29, 0.717) is 18.0 Å². The second-order valence-corrected chi connectivity index (χ2v) is 5.06. The lowest BCUT2D eigenvalue weighted by Gasteiger charge is -2.28. The minimum absolute atomic E-state index is 0.0235. The molecule has 0 aromatic carbocycles. The van der Waals surface area contributed by atoms with Crippen LogP contribution in [0.2, 0.25) is 0 Å². The molecule has 1 aliphatic rings. The molecule has 1 N–H and O–H groups in total. The molecule has 0 radical (unpaired) electrons. The Hall–Kier alpha value is -1.43. The van der Waals surface area contributed by atoms with Crippen LogP contribution >= 0.6 is 0 Å². The summed E-state index contributed by atoms with van der Waals surface area (Å²) in [4.78, 5) is 10.4. The molecule has 5 nitrogen and oxygen atoms in total. The third kappa shape index (κ3) is 3.32. The normalized spacial score (nSPS) is 19.9. The second kappa shape index (κ2) is 6.14. The maximum Gasteiger partial charge on any atom is 0.255 e. The molecule has 0 aliphatic carbocycles. The molecule has 1 aromatic rings.